The number of rotatable bonds is 2. The highest BCUT2D eigenvalue weighted by Crippen LogP contribution is 2.73. The fraction of sp³-hybridized carbons (Fsp3) is 1.00. The van der Waals surface area contributed by atoms with Crippen LogP contribution in [0.4, 0.5) is 0 Å². The van der Waals surface area contributed by atoms with Gasteiger partial charge in [-0.2, -0.15) is 0 Å². The maximum absolute atomic E-state index is 2.52. The minimum atomic E-state index is 0.998. The van der Waals surface area contributed by atoms with Crippen molar-refractivity contribution in [2.45, 2.75) is 33.0 Å². The first-order chi connectivity index (χ1) is 6.25. The van der Waals surface area contributed by atoms with E-state index >= 15 is 0 Å². The Morgan fingerprint density at radius 1 is 1.23 bits per heavy atom. The fourth-order valence-electron chi connectivity index (χ4n) is 4.85. The van der Waals surface area contributed by atoms with Crippen LogP contribution < -0.4 is 0 Å². The van der Waals surface area contributed by atoms with Gasteiger partial charge >= 0.3 is 0 Å². The third-order valence-corrected chi connectivity index (χ3v) is 5.78. The van der Waals surface area contributed by atoms with Gasteiger partial charge in [-0.05, 0) is 54.3 Å². The number of fused-ring (bicyclic) bond motifs is 4. The predicted octanol–water partition coefficient (Wildman–Crippen LogP) is 2.21. The van der Waals surface area contributed by atoms with Crippen molar-refractivity contribution in [1.82, 2.24) is 0 Å². The van der Waals surface area contributed by atoms with Gasteiger partial charge in [0.05, 0.1) is 0 Å². The number of hydrogen-bond acceptors (Lipinski definition) is 0. The second kappa shape index (κ2) is 2.55. The second-order valence-corrected chi connectivity index (χ2v) is 5.88. The van der Waals surface area contributed by atoms with Crippen molar-refractivity contribution >= 4 is 7.85 Å². The summed E-state index contributed by atoms with van der Waals surface area (Å²) in [4.78, 5) is 0. The summed E-state index contributed by atoms with van der Waals surface area (Å²) >= 11 is 0. The van der Waals surface area contributed by atoms with Crippen molar-refractivity contribution in [3.05, 3.63) is 0 Å². The zero-order chi connectivity index (χ0) is 9.16. The molecule has 0 aliphatic heterocycles. The van der Waals surface area contributed by atoms with Crippen LogP contribution >= 0.6 is 0 Å². The van der Waals surface area contributed by atoms with E-state index in [2.05, 4.69) is 21.7 Å². The Morgan fingerprint density at radius 2 is 1.85 bits per heavy atom. The van der Waals surface area contributed by atoms with E-state index in [4.69, 9.17) is 0 Å². The van der Waals surface area contributed by atoms with Crippen molar-refractivity contribution in [1.29, 1.82) is 0 Å². The molecule has 3 aliphatic carbocycles. The van der Waals surface area contributed by atoms with Crippen LogP contribution in [0.5, 0.6) is 0 Å². The van der Waals surface area contributed by atoms with Crippen molar-refractivity contribution in [2.75, 3.05) is 0 Å². The standard InChI is InChI=1S/C12H21B/c1-6(5-13)10-7(2)11-8-3-4-9(8)12(10)11/h6-12H,3-5,13H2,1-2H3. The highest BCUT2D eigenvalue weighted by Gasteiger charge is 2.67. The molecule has 0 nitrogen and oxygen atoms in total. The van der Waals surface area contributed by atoms with Crippen molar-refractivity contribution in [2.24, 2.45) is 41.4 Å². The fourth-order valence-corrected chi connectivity index (χ4v) is 4.85. The van der Waals surface area contributed by atoms with Gasteiger partial charge in [-0.3, -0.25) is 0 Å². The summed E-state index contributed by atoms with van der Waals surface area (Å²) in [6.45, 7) is 5.00. The van der Waals surface area contributed by atoms with Crippen LogP contribution in [0.3, 0.4) is 0 Å². The Morgan fingerprint density at radius 3 is 2.38 bits per heavy atom. The average Bonchev–Trinajstić information content (AvgIpc) is 2.10. The Hall–Kier alpha value is 0.0649. The van der Waals surface area contributed by atoms with E-state index in [-0.39, 0.29) is 0 Å². The van der Waals surface area contributed by atoms with Crippen LogP contribution in [0.15, 0.2) is 0 Å². The molecular weight excluding hydrogens is 155 g/mol. The molecule has 0 spiro atoms. The van der Waals surface area contributed by atoms with E-state index in [0.29, 0.717) is 0 Å². The van der Waals surface area contributed by atoms with Crippen LogP contribution in [-0.2, 0) is 0 Å². The third kappa shape index (κ3) is 0.801. The average molecular weight is 176 g/mol. The molecule has 0 amide bonds. The molecule has 7 atom stereocenters. The highest BCUT2D eigenvalue weighted by atomic mass is 14.7. The first-order valence-corrected chi connectivity index (χ1v) is 6.25. The smallest absolute Gasteiger partial charge is 0.0783 e. The van der Waals surface area contributed by atoms with E-state index in [9.17, 15) is 0 Å². The van der Waals surface area contributed by atoms with Gasteiger partial charge in [0, 0.05) is 0 Å². The van der Waals surface area contributed by atoms with Crippen LogP contribution in [0, 0.1) is 41.4 Å². The van der Waals surface area contributed by atoms with E-state index in [1.165, 1.54) is 30.0 Å². The van der Waals surface area contributed by atoms with Crippen LogP contribution in [0.25, 0.3) is 0 Å². The lowest BCUT2D eigenvalue weighted by Crippen LogP contribution is -2.68. The summed E-state index contributed by atoms with van der Waals surface area (Å²) in [5, 5.41) is 0. The highest BCUT2D eigenvalue weighted by molar-refractivity contribution is 6.08. The summed E-state index contributed by atoms with van der Waals surface area (Å²) in [5.74, 6) is 7.93. The topological polar surface area (TPSA) is 0 Å². The van der Waals surface area contributed by atoms with Crippen LogP contribution in [0.1, 0.15) is 26.7 Å². The second-order valence-electron chi connectivity index (χ2n) is 5.88. The number of hydrogen-bond donors (Lipinski definition) is 0. The zero-order valence-electron chi connectivity index (χ0n) is 9.16. The largest absolute Gasteiger partial charge is 0.101 e. The monoisotopic (exact) mass is 176 g/mol. The quantitative estimate of drug-likeness (QED) is 0.566. The van der Waals surface area contributed by atoms with Crippen LogP contribution in [0.2, 0.25) is 6.32 Å². The van der Waals surface area contributed by atoms with Crippen molar-refractivity contribution in [3.63, 3.8) is 0 Å². The molecule has 0 aromatic heterocycles. The molecule has 0 radical (unpaired) electrons. The first-order valence-electron chi connectivity index (χ1n) is 6.25. The molecule has 1 heteroatoms. The Kier molecular flexibility index (Phi) is 1.64. The van der Waals surface area contributed by atoms with Gasteiger partial charge in [-0.25, -0.2) is 0 Å². The van der Waals surface area contributed by atoms with Crippen molar-refractivity contribution in [3.8, 4) is 0 Å². The molecule has 0 aromatic rings. The Labute approximate surface area is 82.9 Å². The van der Waals surface area contributed by atoms with E-state index in [0.717, 1.165) is 17.8 Å². The lowest BCUT2D eigenvalue weighted by Gasteiger charge is -2.73. The first kappa shape index (κ1) is 8.38. The zero-order valence-corrected chi connectivity index (χ0v) is 9.16. The molecule has 7 unspecified atom stereocenters. The summed E-state index contributed by atoms with van der Waals surface area (Å²) in [6, 6.07) is 0. The summed E-state index contributed by atoms with van der Waals surface area (Å²) < 4.78 is 0. The SMILES string of the molecule is BCC(C)C1C(C)C2C3CCC3C12. The molecule has 3 saturated carbocycles. The van der Waals surface area contributed by atoms with Gasteiger partial charge in [0.15, 0.2) is 0 Å². The molecule has 3 rings (SSSR count). The summed E-state index contributed by atoms with van der Waals surface area (Å²) in [5.41, 5.74) is 0. The molecule has 3 fully saturated rings. The van der Waals surface area contributed by atoms with Gasteiger partial charge in [-0.1, -0.05) is 20.2 Å². The van der Waals surface area contributed by atoms with Gasteiger partial charge < -0.3 is 0 Å². The molecule has 0 N–H and O–H groups in total. The molecule has 0 heterocycles. The van der Waals surface area contributed by atoms with E-state index in [1.807, 2.05) is 0 Å². The molecule has 0 aromatic carbocycles. The maximum Gasteiger partial charge on any atom is 0.101 e. The van der Waals surface area contributed by atoms with Crippen molar-refractivity contribution < 1.29 is 0 Å². The molecule has 0 saturated heterocycles. The Balaban J connectivity index is 1.72. The molecular formula is C12H21B. The Bertz CT molecular complexity index is 225. The maximum atomic E-state index is 2.52. The van der Waals surface area contributed by atoms with Crippen LogP contribution in [-0.4, -0.2) is 7.85 Å². The molecule has 72 valence electrons. The minimum absolute atomic E-state index is 0.998. The lowest BCUT2D eigenvalue weighted by molar-refractivity contribution is -0.255. The third-order valence-electron chi connectivity index (χ3n) is 5.78. The molecule has 0 bridgehead atoms. The summed E-state index contributed by atoms with van der Waals surface area (Å²) in [7, 11) is 2.36. The predicted molar refractivity (Wildman–Crippen MR) is 58.4 cm³/mol. The van der Waals surface area contributed by atoms with Gasteiger partial charge in [0.1, 0.15) is 7.85 Å². The minimum Gasteiger partial charge on any atom is -0.0783 e. The normalized spacial score (nSPS) is 59.2. The molecule has 3 aliphatic rings. The van der Waals surface area contributed by atoms with Gasteiger partial charge in [0.2, 0.25) is 0 Å². The summed E-state index contributed by atoms with van der Waals surface area (Å²) in [6.07, 6.45) is 4.55. The molecule has 13 heavy (non-hydrogen) atoms. The lowest BCUT2D eigenvalue weighted by atomic mass is 9.31. The van der Waals surface area contributed by atoms with Gasteiger partial charge in [0.25, 0.3) is 0 Å². The van der Waals surface area contributed by atoms with Gasteiger partial charge in [-0.15, -0.1) is 0 Å². The van der Waals surface area contributed by atoms with E-state index in [1.54, 1.807) is 12.8 Å². The van der Waals surface area contributed by atoms with E-state index < -0.39 is 0 Å².